The van der Waals surface area contributed by atoms with Gasteiger partial charge < -0.3 is 14.6 Å². The van der Waals surface area contributed by atoms with E-state index in [0.717, 1.165) is 19.3 Å². The summed E-state index contributed by atoms with van der Waals surface area (Å²) < 4.78 is 10.8. The van der Waals surface area contributed by atoms with Crippen LogP contribution in [0.5, 0.6) is 0 Å². The standard InChI is InChI=1S/C22H34O5/c1-14-13-17(27-15(2)23)18-20(3,4)9-6-10-21(18,5)22(14,25)11-7-16-8-12-26-19(16)24/h8,14,17-18,25H,6-7,9-13H2,1-5H3/t14-,17+,18+,21+,22-/m0/s1. The molecule has 0 spiro atoms. The molecule has 0 bridgehead atoms. The van der Waals surface area contributed by atoms with Gasteiger partial charge in [0.15, 0.2) is 0 Å². The largest absolute Gasteiger partial charge is 0.462 e. The van der Waals surface area contributed by atoms with Gasteiger partial charge in [0.2, 0.25) is 0 Å². The molecule has 0 saturated heterocycles. The third-order valence-electron chi connectivity index (χ3n) is 7.71. The highest BCUT2D eigenvalue weighted by molar-refractivity contribution is 5.90. The van der Waals surface area contributed by atoms with E-state index in [9.17, 15) is 14.7 Å². The van der Waals surface area contributed by atoms with Gasteiger partial charge >= 0.3 is 11.9 Å². The van der Waals surface area contributed by atoms with E-state index in [-0.39, 0.29) is 40.7 Å². The van der Waals surface area contributed by atoms with Gasteiger partial charge in [0.05, 0.1) is 5.60 Å². The molecule has 2 saturated carbocycles. The number of carbonyl (C=O) groups excluding carboxylic acids is 2. The molecule has 27 heavy (non-hydrogen) atoms. The van der Waals surface area contributed by atoms with Gasteiger partial charge in [0.1, 0.15) is 12.7 Å². The maximum absolute atomic E-state index is 12.0. The quantitative estimate of drug-likeness (QED) is 0.754. The smallest absolute Gasteiger partial charge is 0.334 e. The van der Waals surface area contributed by atoms with Gasteiger partial charge in [-0.1, -0.05) is 34.1 Å². The second-order valence-corrected chi connectivity index (χ2v) is 9.77. The zero-order chi connectivity index (χ0) is 20.0. The van der Waals surface area contributed by atoms with Gasteiger partial charge in [-0.3, -0.25) is 4.79 Å². The molecule has 2 fully saturated rings. The van der Waals surface area contributed by atoms with Crippen LogP contribution in [-0.2, 0) is 19.1 Å². The average Bonchev–Trinajstić information content (AvgIpc) is 2.94. The van der Waals surface area contributed by atoms with Crippen molar-refractivity contribution in [3.63, 3.8) is 0 Å². The third-order valence-corrected chi connectivity index (χ3v) is 7.71. The van der Waals surface area contributed by atoms with Crippen LogP contribution in [0, 0.1) is 22.7 Å². The molecule has 0 aromatic heterocycles. The highest BCUT2D eigenvalue weighted by atomic mass is 16.5. The second kappa shape index (κ2) is 6.91. The van der Waals surface area contributed by atoms with Crippen molar-refractivity contribution in [2.45, 2.75) is 84.8 Å². The van der Waals surface area contributed by atoms with Crippen LogP contribution in [0.1, 0.15) is 73.1 Å². The summed E-state index contributed by atoms with van der Waals surface area (Å²) in [6, 6.07) is 0. The zero-order valence-corrected chi connectivity index (χ0v) is 17.3. The minimum atomic E-state index is -0.907. The summed E-state index contributed by atoms with van der Waals surface area (Å²) in [6.07, 6.45) is 6.39. The average molecular weight is 379 g/mol. The van der Waals surface area contributed by atoms with Crippen molar-refractivity contribution in [2.24, 2.45) is 22.7 Å². The SMILES string of the molecule is CC(=O)O[C@@H]1C[C@H](C)[C@@](O)(CCC2=CCOC2=O)[C@]2(C)CCCC(C)(C)[C@@H]12. The zero-order valence-electron chi connectivity index (χ0n) is 17.3. The minimum absolute atomic E-state index is 0.0185. The van der Waals surface area contributed by atoms with Crippen molar-refractivity contribution in [3.8, 4) is 0 Å². The van der Waals surface area contributed by atoms with Crippen LogP contribution < -0.4 is 0 Å². The fourth-order valence-corrected chi connectivity index (χ4v) is 6.51. The van der Waals surface area contributed by atoms with Crippen LogP contribution in [0.2, 0.25) is 0 Å². The molecule has 0 unspecified atom stereocenters. The molecule has 5 atom stereocenters. The highest BCUT2D eigenvalue weighted by Gasteiger charge is 2.64. The van der Waals surface area contributed by atoms with Crippen molar-refractivity contribution in [2.75, 3.05) is 6.61 Å². The summed E-state index contributed by atoms with van der Waals surface area (Å²) in [5.41, 5.74) is -0.620. The lowest BCUT2D eigenvalue weighted by Gasteiger charge is -2.64. The number of esters is 2. The molecule has 0 amide bonds. The van der Waals surface area contributed by atoms with E-state index in [1.807, 2.05) is 6.08 Å². The molecule has 1 heterocycles. The molecule has 3 rings (SSSR count). The molecule has 0 aromatic rings. The van der Waals surface area contributed by atoms with E-state index < -0.39 is 5.60 Å². The Hall–Kier alpha value is -1.36. The number of aliphatic hydroxyl groups is 1. The maximum Gasteiger partial charge on any atom is 0.334 e. The first-order valence-corrected chi connectivity index (χ1v) is 10.3. The molecule has 5 heteroatoms. The number of ether oxygens (including phenoxy) is 2. The number of hydrogen-bond donors (Lipinski definition) is 1. The Kier molecular flexibility index (Phi) is 5.21. The number of rotatable bonds is 4. The molecule has 2 aliphatic carbocycles. The molecule has 5 nitrogen and oxygen atoms in total. The second-order valence-electron chi connectivity index (χ2n) is 9.77. The Morgan fingerprint density at radius 1 is 1.33 bits per heavy atom. The van der Waals surface area contributed by atoms with Crippen LogP contribution in [0.15, 0.2) is 11.6 Å². The predicted octanol–water partition coefficient (Wildman–Crippen LogP) is 3.79. The normalized spacial score (nSPS) is 40.7. The van der Waals surface area contributed by atoms with Gasteiger partial charge in [-0.25, -0.2) is 4.79 Å². The van der Waals surface area contributed by atoms with E-state index in [4.69, 9.17) is 9.47 Å². The van der Waals surface area contributed by atoms with Crippen LogP contribution >= 0.6 is 0 Å². The molecule has 1 N–H and O–H groups in total. The van der Waals surface area contributed by atoms with Gasteiger partial charge in [0.25, 0.3) is 0 Å². The summed E-state index contributed by atoms with van der Waals surface area (Å²) in [5, 5.41) is 12.0. The molecule has 3 aliphatic rings. The monoisotopic (exact) mass is 378 g/mol. The third kappa shape index (κ3) is 3.32. The fraction of sp³-hybridized carbons (Fsp3) is 0.818. The maximum atomic E-state index is 12.0. The van der Waals surface area contributed by atoms with Crippen LogP contribution in [0.3, 0.4) is 0 Å². The predicted molar refractivity (Wildman–Crippen MR) is 102 cm³/mol. The van der Waals surface area contributed by atoms with Crippen molar-refractivity contribution in [1.29, 1.82) is 0 Å². The lowest BCUT2D eigenvalue weighted by molar-refractivity contribution is -0.249. The van der Waals surface area contributed by atoms with Crippen molar-refractivity contribution in [3.05, 3.63) is 11.6 Å². The van der Waals surface area contributed by atoms with Crippen LogP contribution in [0.25, 0.3) is 0 Å². The first-order chi connectivity index (χ1) is 12.5. The van der Waals surface area contributed by atoms with E-state index in [1.54, 1.807) is 0 Å². The summed E-state index contributed by atoms with van der Waals surface area (Å²) in [6.45, 7) is 10.5. The first kappa shape index (κ1) is 20.4. The summed E-state index contributed by atoms with van der Waals surface area (Å²) in [7, 11) is 0. The first-order valence-electron chi connectivity index (χ1n) is 10.3. The number of carbonyl (C=O) groups is 2. The number of hydrogen-bond acceptors (Lipinski definition) is 5. The summed E-state index contributed by atoms with van der Waals surface area (Å²) in [4.78, 5) is 23.6. The molecule has 1 aliphatic heterocycles. The minimum Gasteiger partial charge on any atom is -0.462 e. The molecular weight excluding hydrogens is 344 g/mol. The van der Waals surface area contributed by atoms with Gasteiger partial charge in [-0.05, 0) is 49.5 Å². The van der Waals surface area contributed by atoms with E-state index in [1.165, 1.54) is 6.92 Å². The Morgan fingerprint density at radius 2 is 2.04 bits per heavy atom. The Labute approximate surface area is 162 Å². The molecule has 0 aromatic carbocycles. The highest BCUT2D eigenvalue weighted by Crippen LogP contribution is 2.64. The van der Waals surface area contributed by atoms with Crippen molar-refractivity contribution < 1.29 is 24.2 Å². The van der Waals surface area contributed by atoms with Gasteiger partial charge in [0, 0.05) is 23.8 Å². The van der Waals surface area contributed by atoms with E-state index >= 15 is 0 Å². The van der Waals surface area contributed by atoms with Crippen molar-refractivity contribution in [1.82, 2.24) is 0 Å². The summed E-state index contributed by atoms with van der Waals surface area (Å²) >= 11 is 0. The Morgan fingerprint density at radius 3 is 2.63 bits per heavy atom. The molecule has 152 valence electrons. The molecular formula is C22H34O5. The van der Waals surface area contributed by atoms with Gasteiger partial charge in [-0.2, -0.15) is 0 Å². The lowest BCUT2D eigenvalue weighted by atomic mass is 9.43. The van der Waals surface area contributed by atoms with Crippen molar-refractivity contribution >= 4 is 11.9 Å². The lowest BCUT2D eigenvalue weighted by Crippen LogP contribution is -2.66. The Balaban J connectivity index is 1.94. The molecule has 0 radical (unpaired) electrons. The van der Waals surface area contributed by atoms with Gasteiger partial charge in [-0.15, -0.1) is 0 Å². The number of fused-ring (bicyclic) bond motifs is 1. The van der Waals surface area contributed by atoms with Crippen LogP contribution in [0.4, 0.5) is 0 Å². The van der Waals surface area contributed by atoms with E-state index in [2.05, 4.69) is 27.7 Å². The summed E-state index contributed by atoms with van der Waals surface area (Å²) in [5.74, 6) is -0.436. The van der Waals surface area contributed by atoms with Crippen LogP contribution in [-0.4, -0.2) is 35.4 Å². The number of cyclic esters (lactones) is 1. The van der Waals surface area contributed by atoms with E-state index in [0.29, 0.717) is 31.4 Å². The topological polar surface area (TPSA) is 72.8 Å². The fourth-order valence-electron chi connectivity index (χ4n) is 6.51. The Bertz CT molecular complexity index is 651.